The highest BCUT2D eigenvalue weighted by molar-refractivity contribution is 5.85. The third kappa shape index (κ3) is 1.16. The molecule has 1 heterocycles. The molecule has 1 spiro atoms. The van der Waals surface area contributed by atoms with Gasteiger partial charge in [-0.3, -0.25) is 4.79 Å². The molecule has 2 rings (SSSR count). The van der Waals surface area contributed by atoms with E-state index in [9.17, 15) is 4.79 Å². The van der Waals surface area contributed by atoms with Crippen molar-refractivity contribution in [3.8, 4) is 0 Å². The summed E-state index contributed by atoms with van der Waals surface area (Å²) in [6.07, 6.45) is 2.88. The number of carbonyl (C=O) groups is 1. The number of nitrogens with two attached hydrogens (primary N) is 1. The van der Waals surface area contributed by atoms with Crippen LogP contribution in [0, 0.1) is 5.41 Å². The van der Waals surface area contributed by atoms with Crippen molar-refractivity contribution in [2.75, 3.05) is 13.2 Å². The van der Waals surface area contributed by atoms with Gasteiger partial charge in [0.1, 0.15) is 5.54 Å². The van der Waals surface area contributed by atoms with Crippen molar-refractivity contribution in [3.63, 3.8) is 0 Å². The maximum Gasteiger partial charge on any atom is 0.326 e. The summed E-state index contributed by atoms with van der Waals surface area (Å²) in [7, 11) is 0. The maximum absolute atomic E-state index is 10.9. The Morgan fingerprint density at radius 2 is 2.00 bits per heavy atom. The lowest BCUT2D eigenvalue weighted by atomic mass is 9.59. The van der Waals surface area contributed by atoms with Crippen molar-refractivity contribution in [2.45, 2.75) is 24.8 Å². The summed E-state index contributed by atoms with van der Waals surface area (Å²) in [5, 5.41) is 8.97. The summed E-state index contributed by atoms with van der Waals surface area (Å²) < 4.78 is 5.17. The van der Waals surface area contributed by atoms with Gasteiger partial charge in [0.15, 0.2) is 0 Å². The Morgan fingerprint density at radius 3 is 2.31 bits per heavy atom. The lowest BCUT2D eigenvalue weighted by molar-refractivity contribution is -0.149. The van der Waals surface area contributed by atoms with Gasteiger partial charge in [0.25, 0.3) is 0 Å². The van der Waals surface area contributed by atoms with Crippen molar-refractivity contribution in [1.29, 1.82) is 0 Å². The van der Waals surface area contributed by atoms with Crippen molar-refractivity contribution < 1.29 is 14.6 Å². The summed E-state index contributed by atoms with van der Waals surface area (Å²) in [5.74, 6) is -0.917. The minimum absolute atomic E-state index is 0. The van der Waals surface area contributed by atoms with E-state index in [1.54, 1.807) is 0 Å². The smallest absolute Gasteiger partial charge is 0.326 e. The van der Waals surface area contributed by atoms with Crippen LogP contribution in [-0.4, -0.2) is 29.8 Å². The molecule has 1 saturated carbocycles. The molecule has 0 aromatic rings. The molecule has 13 heavy (non-hydrogen) atoms. The Labute approximate surface area is 82.8 Å². The summed E-state index contributed by atoms with van der Waals surface area (Å²) in [6.45, 7) is 0.693. The van der Waals surface area contributed by atoms with E-state index in [0.29, 0.717) is 6.61 Å². The Morgan fingerprint density at radius 1 is 1.38 bits per heavy atom. The maximum atomic E-state index is 10.9. The average molecular weight is 208 g/mol. The lowest BCUT2D eigenvalue weighted by Crippen LogP contribution is -2.63. The zero-order valence-corrected chi connectivity index (χ0v) is 8.10. The van der Waals surface area contributed by atoms with E-state index in [-0.39, 0.29) is 24.4 Å². The highest BCUT2D eigenvalue weighted by Gasteiger charge is 2.61. The molecule has 2 aliphatic rings. The molecule has 1 saturated heterocycles. The average Bonchev–Trinajstić information content (AvgIpc) is 2.26. The van der Waals surface area contributed by atoms with E-state index in [4.69, 9.17) is 15.6 Å². The number of rotatable bonds is 1. The van der Waals surface area contributed by atoms with Gasteiger partial charge >= 0.3 is 5.97 Å². The molecule has 1 aliphatic heterocycles. The van der Waals surface area contributed by atoms with Crippen LogP contribution in [0.4, 0.5) is 0 Å². The SMILES string of the molecule is Cl.NC1(C(=O)O)COCC12CCC2. The van der Waals surface area contributed by atoms with Gasteiger partial charge < -0.3 is 15.6 Å². The summed E-state index contributed by atoms with van der Waals surface area (Å²) >= 11 is 0. The minimum atomic E-state index is -1.12. The highest BCUT2D eigenvalue weighted by Crippen LogP contribution is 2.51. The second-order valence-corrected chi connectivity index (χ2v) is 3.90. The van der Waals surface area contributed by atoms with Gasteiger partial charge in [-0.1, -0.05) is 6.42 Å². The molecule has 0 amide bonds. The van der Waals surface area contributed by atoms with Crippen LogP contribution in [0.15, 0.2) is 0 Å². The first-order chi connectivity index (χ1) is 5.61. The third-order valence-electron chi connectivity index (χ3n) is 3.35. The number of carboxylic acids is 1. The van der Waals surface area contributed by atoms with E-state index in [0.717, 1.165) is 19.3 Å². The molecule has 1 atom stereocenters. The first kappa shape index (κ1) is 10.8. The standard InChI is InChI=1S/C8H13NO3.ClH/c9-8(6(10)11)5-12-4-7(8)2-1-3-7;/h1-5,9H2,(H,10,11);1H. The number of ether oxygens (including phenoxy) is 1. The normalized spacial score (nSPS) is 35.2. The van der Waals surface area contributed by atoms with E-state index >= 15 is 0 Å². The molecule has 2 fully saturated rings. The lowest BCUT2D eigenvalue weighted by Gasteiger charge is -2.45. The zero-order valence-electron chi connectivity index (χ0n) is 7.28. The van der Waals surface area contributed by atoms with Crippen molar-refractivity contribution >= 4 is 18.4 Å². The van der Waals surface area contributed by atoms with Crippen LogP contribution in [0.3, 0.4) is 0 Å². The largest absolute Gasteiger partial charge is 0.480 e. The Kier molecular flexibility index (Phi) is 2.58. The minimum Gasteiger partial charge on any atom is -0.480 e. The molecule has 0 bridgehead atoms. The van der Waals surface area contributed by atoms with Crippen LogP contribution in [0.2, 0.25) is 0 Å². The monoisotopic (exact) mass is 207 g/mol. The van der Waals surface area contributed by atoms with E-state index < -0.39 is 11.5 Å². The van der Waals surface area contributed by atoms with Gasteiger partial charge in [-0.2, -0.15) is 0 Å². The second-order valence-electron chi connectivity index (χ2n) is 3.90. The first-order valence-corrected chi connectivity index (χ1v) is 4.21. The number of aliphatic carboxylic acids is 1. The summed E-state index contributed by atoms with van der Waals surface area (Å²) in [6, 6.07) is 0. The van der Waals surface area contributed by atoms with Crippen LogP contribution in [-0.2, 0) is 9.53 Å². The van der Waals surface area contributed by atoms with Gasteiger partial charge in [0.05, 0.1) is 13.2 Å². The molecule has 0 radical (unpaired) electrons. The van der Waals surface area contributed by atoms with Gasteiger partial charge in [0, 0.05) is 5.41 Å². The van der Waals surface area contributed by atoms with Crippen molar-refractivity contribution in [3.05, 3.63) is 0 Å². The zero-order chi connectivity index (χ0) is 8.82. The molecule has 1 unspecified atom stereocenters. The number of hydrogen-bond acceptors (Lipinski definition) is 3. The summed E-state index contributed by atoms with van der Waals surface area (Å²) in [5.41, 5.74) is 4.45. The van der Waals surface area contributed by atoms with Crippen molar-refractivity contribution in [2.24, 2.45) is 11.1 Å². The molecule has 76 valence electrons. The molecule has 5 heteroatoms. The van der Waals surface area contributed by atoms with E-state index in [1.165, 1.54) is 0 Å². The Bertz CT molecular complexity index is 229. The molecule has 4 nitrogen and oxygen atoms in total. The predicted octanol–water partition coefficient (Wildman–Crippen LogP) is 0.391. The second kappa shape index (κ2) is 3.12. The van der Waals surface area contributed by atoms with Crippen LogP contribution >= 0.6 is 12.4 Å². The molecular weight excluding hydrogens is 194 g/mol. The Balaban J connectivity index is 0.000000845. The molecular formula is C8H14ClNO3. The number of halogens is 1. The Hall–Kier alpha value is -0.320. The summed E-state index contributed by atoms with van der Waals surface area (Å²) in [4.78, 5) is 10.9. The van der Waals surface area contributed by atoms with Crippen LogP contribution in [0.25, 0.3) is 0 Å². The topological polar surface area (TPSA) is 72.6 Å². The van der Waals surface area contributed by atoms with E-state index in [1.807, 2.05) is 0 Å². The van der Waals surface area contributed by atoms with Crippen LogP contribution in [0.1, 0.15) is 19.3 Å². The van der Waals surface area contributed by atoms with Gasteiger partial charge in [-0.05, 0) is 12.8 Å². The van der Waals surface area contributed by atoms with Gasteiger partial charge in [-0.25, -0.2) is 0 Å². The fraction of sp³-hybridized carbons (Fsp3) is 0.875. The third-order valence-corrected chi connectivity index (χ3v) is 3.35. The fourth-order valence-electron chi connectivity index (χ4n) is 2.17. The van der Waals surface area contributed by atoms with E-state index in [2.05, 4.69) is 0 Å². The quantitative estimate of drug-likeness (QED) is 0.653. The van der Waals surface area contributed by atoms with Crippen LogP contribution in [0.5, 0.6) is 0 Å². The fourth-order valence-corrected chi connectivity index (χ4v) is 2.17. The predicted molar refractivity (Wildman–Crippen MR) is 48.9 cm³/mol. The van der Waals surface area contributed by atoms with Gasteiger partial charge in [-0.15, -0.1) is 12.4 Å². The van der Waals surface area contributed by atoms with Crippen molar-refractivity contribution in [1.82, 2.24) is 0 Å². The molecule has 3 N–H and O–H groups in total. The first-order valence-electron chi connectivity index (χ1n) is 4.21. The van der Waals surface area contributed by atoms with Crippen LogP contribution < -0.4 is 5.73 Å². The molecule has 1 aliphatic carbocycles. The molecule has 0 aromatic carbocycles. The van der Waals surface area contributed by atoms with Gasteiger partial charge in [0.2, 0.25) is 0 Å². The number of carboxylic acid groups (broad SMARTS) is 1. The highest BCUT2D eigenvalue weighted by atomic mass is 35.5. The molecule has 0 aromatic heterocycles. The number of hydrogen-bond donors (Lipinski definition) is 2.